The zero-order valence-electron chi connectivity index (χ0n) is 32.2. The molecule has 306 valence electrons. The topological polar surface area (TPSA) is 283 Å². The monoisotopic (exact) mass is 829 g/mol. The number of fused-ring (bicyclic) bond motifs is 2. The van der Waals surface area contributed by atoms with Crippen molar-refractivity contribution in [2.24, 2.45) is 5.73 Å². The predicted molar refractivity (Wildman–Crippen MR) is 223 cm³/mol. The first-order valence-corrected chi connectivity index (χ1v) is 20.0. The maximum absolute atomic E-state index is 11.4. The van der Waals surface area contributed by atoms with Gasteiger partial charge in [0.2, 0.25) is 45.9 Å². The molecular weight excluding hydrogens is 791 g/mol. The molecule has 22 heteroatoms. The van der Waals surface area contributed by atoms with Gasteiger partial charge in [-0.2, -0.15) is 38.9 Å². The number of nitrogens with two attached hydrogens (primary N) is 3. The van der Waals surface area contributed by atoms with E-state index in [0.29, 0.717) is 48.7 Å². The van der Waals surface area contributed by atoms with Crippen molar-refractivity contribution in [3.8, 4) is 23.2 Å². The fraction of sp³-hybridized carbons (Fsp3) is 0.211. The number of nitrogen functional groups attached to an aromatic ring is 2. The lowest BCUT2D eigenvalue weighted by atomic mass is 10.1. The van der Waals surface area contributed by atoms with E-state index in [1.54, 1.807) is 30.5 Å². The van der Waals surface area contributed by atoms with Crippen LogP contribution in [0.3, 0.4) is 0 Å². The van der Waals surface area contributed by atoms with Gasteiger partial charge in [-0.15, -0.1) is 10.2 Å². The van der Waals surface area contributed by atoms with E-state index in [1.807, 2.05) is 24.3 Å². The zero-order chi connectivity index (χ0) is 42.5. The summed E-state index contributed by atoms with van der Waals surface area (Å²) in [5.41, 5.74) is 21.6. The molecule has 0 spiro atoms. The van der Waals surface area contributed by atoms with Crippen molar-refractivity contribution < 1.29 is 17.3 Å². The first kappa shape index (κ1) is 41.7. The molecule has 0 atom stereocenters. The van der Waals surface area contributed by atoms with Crippen LogP contribution in [0.1, 0.15) is 16.7 Å². The number of nitrogens with zero attached hydrogens (tertiary/aromatic N) is 12. The molecule has 6 heterocycles. The number of hydrogen-bond acceptors (Lipinski definition) is 17. The Morgan fingerprint density at radius 3 is 1.77 bits per heavy atom. The first-order valence-electron chi connectivity index (χ1n) is 18.1. The lowest BCUT2D eigenvalue weighted by molar-refractivity contribution is 0.577. The molecule has 0 amide bonds. The molecule has 0 radical (unpaired) electrons. The van der Waals surface area contributed by atoms with Crippen molar-refractivity contribution in [3.05, 3.63) is 125 Å². The Hall–Kier alpha value is -7.95. The minimum atomic E-state index is -3.57. The van der Waals surface area contributed by atoms with E-state index in [2.05, 4.69) is 84.7 Å². The van der Waals surface area contributed by atoms with E-state index in [1.165, 1.54) is 21.9 Å². The van der Waals surface area contributed by atoms with Crippen molar-refractivity contribution in [1.29, 1.82) is 0 Å². The number of hydrogen-bond donors (Lipinski definition) is 5. The van der Waals surface area contributed by atoms with Crippen LogP contribution in [0.2, 0.25) is 0 Å². The SMILES string of the molecule is CS(=O)(=O)c1nc(N)n2nc(-c3ccco3)nc2n1.[C-]#[N+]CCc1ccc(CCN)cc1.[C-]#[N+]CNc1ccc(CCNc2nc(N)n3nc(-c4ccco4)nc3n2)cc1. The largest absolute Gasteiger partial charge is 0.461 e. The van der Waals surface area contributed by atoms with Crippen LogP contribution in [0.25, 0.3) is 44.4 Å². The van der Waals surface area contributed by atoms with Gasteiger partial charge in [0.15, 0.2) is 11.5 Å². The molecular formula is C38H39N17O4S. The van der Waals surface area contributed by atoms with E-state index >= 15 is 0 Å². The number of benzene rings is 2. The van der Waals surface area contributed by atoms with Crippen LogP contribution in [0.15, 0.2) is 99.3 Å². The number of aromatic nitrogens is 10. The minimum absolute atomic E-state index is 0.0410. The molecule has 6 aromatic heterocycles. The molecule has 60 heavy (non-hydrogen) atoms. The van der Waals surface area contributed by atoms with Crippen molar-refractivity contribution in [1.82, 2.24) is 49.1 Å². The van der Waals surface area contributed by atoms with Gasteiger partial charge in [-0.25, -0.2) is 21.6 Å². The normalized spacial score (nSPS) is 10.9. The average molecular weight is 830 g/mol. The van der Waals surface area contributed by atoms with Crippen molar-refractivity contribution in [2.45, 2.75) is 24.4 Å². The smallest absolute Gasteiger partial charge is 0.287 e. The summed E-state index contributed by atoms with van der Waals surface area (Å²) in [7, 11) is -3.57. The summed E-state index contributed by atoms with van der Waals surface area (Å²) in [5.74, 6) is 2.45. The fourth-order valence-electron chi connectivity index (χ4n) is 5.32. The maximum atomic E-state index is 11.4. The van der Waals surface area contributed by atoms with Crippen molar-refractivity contribution in [3.63, 3.8) is 0 Å². The second kappa shape index (κ2) is 19.5. The molecule has 0 aliphatic rings. The number of anilines is 4. The van der Waals surface area contributed by atoms with E-state index in [4.69, 9.17) is 39.2 Å². The maximum Gasteiger partial charge on any atom is 0.287 e. The number of rotatable bonds is 13. The highest BCUT2D eigenvalue weighted by Crippen LogP contribution is 2.19. The Morgan fingerprint density at radius 1 is 0.683 bits per heavy atom. The highest BCUT2D eigenvalue weighted by Gasteiger charge is 2.18. The van der Waals surface area contributed by atoms with Gasteiger partial charge in [0.1, 0.15) is 0 Å². The molecule has 0 bridgehead atoms. The first-order chi connectivity index (χ1) is 29.0. The lowest BCUT2D eigenvalue weighted by Crippen LogP contribution is -2.12. The van der Waals surface area contributed by atoms with Crippen LogP contribution in [0, 0.1) is 13.1 Å². The summed E-state index contributed by atoms with van der Waals surface area (Å²) in [6.45, 7) is 15.6. The number of sulfone groups is 1. The fourth-order valence-corrected chi connectivity index (χ4v) is 5.83. The molecule has 0 saturated carbocycles. The van der Waals surface area contributed by atoms with Crippen LogP contribution in [0.4, 0.5) is 23.5 Å². The molecule has 8 N–H and O–H groups in total. The van der Waals surface area contributed by atoms with Gasteiger partial charge in [0.25, 0.3) is 23.4 Å². The number of furan rings is 2. The van der Waals surface area contributed by atoms with Gasteiger partial charge >= 0.3 is 0 Å². The Balaban J connectivity index is 0.000000163. The Labute approximate surface area is 343 Å². The highest BCUT2D eigenvalue weighted by molar-refractivity contribution is 7.90. The molecule has 0 aliphatic carbocycles. The van der Waals surface area contributed by atoms with E-state index in [9.17, 15) is 8.42 Å². The minimum Gasteiger partial charge on any atom is -0.461 e. The number of nitrogens with one attached hydrogen (secondary N) is 2. The predicted octanol–water partition coefficient (Wildman–Crippen LogP) is 3.72. The van der Waals surface area contributed by atoms with Gasteiger partial charge in [-0.1, -0.05) is 36.4 Å². The second-order valence-electron chi connectivity index (χ2n) is 12.6. The second-order valence-corrected chi connectivity index (χ2v) is 14.6. The third kappa shape index (κ3) is 10.9. The van der Waals surface area contributed by atoms with Gasteiger partial charge in [0.05, 0.1) is 12.5 Å². The summed E-state index contributed by atoms with van der Waals surface area (Å²) in [5, 5.41) is 14.1. The quantitative estimate of drug-likeness (QED) is 0.104. The molecule has 8 rings (SSSR count). The standard InChI is InChI=1S/C18H17N9O.C11H14N2.C9H8N6O3S/c1-20-11-22-13-6-4-12(5-7-13)8-9-21-17-24-16(19)27-18(25-17)23-15(26-27)14-3-2-10-28-14;1-13-9-7-11-4-2-10(3-5-11)6-8-12;1-19(16,17)9-12-7(10)15-8(13-9)11-6(14-15)5-3-2-4-18-5/h2-7,10,22H,8-9,11H2,(H3,19,21,23,24,25,26);2-5H,6-9,12H2;2-4H,1H3,(H2,10,11,12,13,14). The van der Waals surface area contributed by atoms with Gasteiger partial charge in [-0.05, 0) is 72.5 Å². The van der Waals surface area contributed by atoms with Gasteiger partial charge in [-0.3, -0.25) is 4.85 Å². The van der Waals surface area contributed by atoms with Crippen LogP contribution in [-0.2, 0) is 29.1 Å². The Morgan fingerprint density at radius 2 is 1.23 bits per heavy atom. The highest BCUT2D eigenvalue weighted by atomic mass is 32.2. The van der Waals surface area contributed by atoms with Crippen LogP contribution in [-0.4, -0.2) is 90.1 Å². The van der Waals surface area contributed by atoms with Crippen molar-refractivity contribution >= 4 is 44.9 Å². The molecule has 0 saturated heterocycles. The Kier molecular flexibility index (Phi) is 13.5. The van der Waals surface area contributed by atoms with Crippen molar-refractivity contribution in [2.75, 3.05) is 54.7 Å². The van der Waals surface area contributed by atoms with Crippen LogP contribution < -0.4 is 27.8 Å². The third-order valence-electron chi connectivity index (χ3n) is 8.24. The summed E-state index contributed by atoms with van der Waals surface area (Å²) < 4.78 is 35.8. The molecule has 21 nitrogen and oxygen atoms in total. The summed E-state index contributed by atoms with van der Waals surface area (Å²) >= 11 is 0. The summed E-state index contributed by atoms with van der Waals surface area (Å²) in [4.78, 5) is 31.0. The molecule has 0 aliphatic heterocycles. The third-order valence-corrected chi connectivity index (χ3v) is 9.09. The molecule has 0 fully saturated rings. The summed E-state index contributed by atoms with van der Waals surface area (Å²) in [6, 6.07) is 23.1. The molecule has 8 aromatic rings. The zero-order valence-corrected chi connectivity index (χ0v) is 33.0. The lowest BCUT2D eigenvalue weighted by Gasteiger charge is -2.07. The van der Waals surface area contributed by atoms with Crippen LogP contribution in [0.5, 0.6) is 0 Å². The summed E-state index contributed by atoms with van der Waals surface area (Å²) in [6.07, 6.45) is 6.58. The van der Waals surface area contributed by atoms with E-state index < -0.39 is 15.0 Å². The van der Waals surface area contributed by atoms with E-state index in [0.717, 1.165) is 41.3 Å². The molecule has 0 unspecified atom stereocenters. The van der Waals surface area contributed by atoms with Gasteiger partial charge < -0.3 is 41.5 Å². The van der Waals surface area contributed by atoms with Crippen LogP contribution >= 0.6 is 0 Å². The average Bonchev–Trinajstić information content (AvgIpc) is 4.08. The molecule has 2 aromatic carbocycles. The Bertz CT molecular complexity index is 2830. The van der Waals surface area contributed by atoms with E-state index in [-0.39, 0.29) is 30.2 Å². The van der Waals surface area contributed by atoms with Gasteiger partial charge in [0, 0.05) is 24.9 Å².